The minimum absolute atomic E-state index is 0.114. The molecular formula is C14H16N2O3. The predicted octanol–water partition coefficient (Wildman–Crippen LogP) is 1.49. The van der Waals surface area contributed by atoms with Crippen molar-refractivity contribution in [2.75, 3.05) is 7.11 Å². The Hall–Kier alpha value is -2.17. The van der Waals surface area contributed by atoms with Crippen LogP contribution in [0.5, 0.6) is 0 Å². The SMILES string of the molecule is COC(=O)Cn1c(C)nc2c(C)c(C)ccc2c1=O. The monoisotopic (exact) mass is 260 g/mol. The maximum Gasteiger partial charge on any atom is 0.325 e. The van der Waals surface area contributed by atoms with Gasteiger partial charge in [0, 0.05) is 0 Å². The average molecular weight is 260 g/mol. The van der Waals surface area contributed by atoms with Crippen molar-refractivity contribution in [1.29, 1.82) is 0 Å². The van der Waals surface area contributed by atoms with E-state index in [1.165, 1.54) is 11.7 Å². The van der Waals surface area contributed by atoms with Gasteiger partial charge < -0.3 is 4.74 Å². The van der Waals surface area contributed by atoms with Crippen LogP contribution in [0.1, 0.15) is 17.0 Å². The Labute approximate surface area is 110 Å². The van der Waals surface area contributed by atoms with Crippen molar-refractivity contribution in [3.05, 3.63) is 39.4 Å². The van der Waals surface area contributed by atoms with Gasteiger partial charge in [-0.15, -0.1) is 0 Å². The van der Waals surface area contributed by atoms with E-state index >= 15 is 0 Å². The Balaban J connectivity index is 2.73. The largest absolute Gasteiger partial charge is 0.468 e. The highest BCUT2D eigenvalue weighted by Crippen LogP contribution is 2.17. The zero-order valence-electron chi connectivity index (χ0n) is 11.5. The fourth-order valence-corrected chi connectivity index (χ4v) is 2.01. The molecule has 0 bridgehead atoms. The number of methoxy groups -OCH3 is 1. The molecule has 0 N–H and O–H groups in total. The molecule has 0 aliphatic rings. The van der Waals surface area contributed by atoms with Crippen LogP contribution in [0.15, 0.2) is 16.9 Å². The van der Waals surface area contributed by atoms with Crippen molar-refractivity contribution in [3.8, 4) is 0 Å². The average Bonchev–Trinajstić information content (AvgIpc) is 2.39. The topological polar surface area (TPSA) is 61.2 Å². The Morgan fingerprint density at radius 2 is 2.00 bits per heavy atom. The summed E-state index contributed by atoms with van der Waals surface area (Å²) in [7, 11) is 1.30. The van der Waals surface area contributed by atoms with E-state index in [0.29, 0.717) is 16.7 Å². The van der Waals surface area contributed by atoms with Crippen LogP contribution in [0.25, 0.3) is 10.9 Å². The number of ether oxygens (including phenoxy) is 1. The smallest absolute Gasteiger partial charge is 0.325 e. The molecule has 19 heavy (non-hydrogen) atoms. The zero-order chi connectivity index (χ0) is 14.2. The molecule has 5 heteroatoms. The van der Waals surface area contributed by atoms with Gasteiger partial charge in [-0.1, -0.05) is 6.07 Å². The summed E-state index contributed by atoms with van der Waals surface area (Å²) in [6, 6.07) is 3.64. The van der Waals surface area contributed by atoms with Crippen LogP contribution in [0.4, 0.5) is 0 Å². The maximum absolute atomic E-state index is 12.4. The molecule has 5 nitrogen and oxygen atoms in total. The molecule has 0 atom stereocenters. The van der Waals surface area contributed by atoms with Crippen molar-refractivity contribution in [3.63, 3.8) is 0 Å². The molecule has 0 radical (unpaired) electrons. The molecule has 0 saturated carbocycles. The van der Waals surface area contributed by atoms with Crippen molar-refractivity contribution < 1.29 is 9.53 Å². The number of esters is 1. The second kappa shape index (κ2) is 4.84. The molecule has 0 aliphatic carbocycles. The van der Waals surface area contributed by atoms with E-state index in [9.17, 15) is 9.59 Å². The minimum atomic E-state index is -0.463. The van der Waals surface area contributed by atoms with Crippen LogP contribution in [0, 0.1) is 20.8 Å². The third-order valence-corrected chi connectivity index (χ3v) is 3.36. The fourth-order valence-electron chi connectivity index (χ4n) is 2.01. The number of fused-ring (bicyclic) bond motifs is 1. The van der Waals surface area contributed by atoms with Gasteiger partial charge >= 0.3 is 5.97 Å². The highest BCUT2D eigenvalue weighted by molar-refractivity contribution is 5.82. The van der Waals surface area contributed by atoms with Gasteiger partial charge in [0.25, 0.3) is 5.56 Å². The lowest BCUT2D eigenvalue weighted by Crippen LogP contribution is -2.28. The summed E-state index contributed by atoms with van der Waals surface area (Å²) in [5, 5.41) is 0.526. The number of hydrogen-bond acceptors (Lipinski definition) is 4. The summed E-state index contributed by atoms with van der Waals surface area (Å²) in [5.74, 6) is 0.0479. The molecule has 0 fully saturated rings. The van der Waals surface area contributed by atoms with Gasteiger partial charge in [-0.25, -0.2) is 4.98 Å². The molecule has 1 aromatic heterocycles. The number of aromatic nitrogens is 2. The summed E-state index contributed by atoms with van der Waals surface area (Å²) < 4.78 is 5.93. The Kier molecular flexibility index (Phi) is 3.38. The number of rotatable bonds is 2. The summed E-state index contributed by atoms with van der Waals surface area (Å²) in [6.07, 6.45) is 0. The lowest BCUT2D eigenvalue weighted by atomic mass is 10.1. The van der Waals surface area contributed by atoms with Crippen molar-refractivity contribution >= 4 is 16.9 Å². The molecule has 2 rings (SSSR count). The van der Waals surface area contributed by atoms with Gasteiger partial charge in [-0.2, -0.15) is 0 Å². The number of carbonyl (C=O) groups is 1. The first kappa shape index (κ1) is 13.3. The Bertz CT molecular complexity index is 717. The first-order valence-electron chi connectivity index (χ1n) is 6.00. The van der Waals surface area contributed by atoms with Gasteiger partial charge in [0.15, 0.2) is 0 Å². The van der Waals surface area contributed by atoms with E-state index in [2.05, 4.69) is 9.72 Å². The molecule has 0 unspecified atom stereocenters. The lowest BCUT2D eigenvalue weighted by Gasteiger charge is -2.11. The van der Waals surface area contributed by atoms with Crippen LogP contribution >= 0.6 is 0 Å². The van der Waals surface area contributed by atoms with Crippen LogP contribution in [-0.2, 0) is 16.1 Å². The minimum Gasteiger partial charge on any atom is -0.468 e. The van der Waals surface area contributed by atoms with Crippen molar-refractivity contribution in [2.24, 2.45) is 0 Å². The number of carbonyl (C=O) groups excluding carboxylic acids is 1. The predicted molar refractivity (Wildman–Crippen MR) is 72.2 cm³/mol. The van der Waals surface area contributed by atoms with Crippen LogP contribution < -0.4 is 5.56 Å². The summed E-state index contributed by atoms with van der Waals surface area (Å²) in [5.41, 5.74) is 2.56. The van der Waals surface area contributed by atoms with E-state index in [1.54, 1.807) is 13.0 Å². The van der Waals surface area contributed by atoms with E-state index < -0.39 is 5.97 Å². The molecular weight excluding hydrogens is 244 g/mol. The van der Waals surface area contributed by atoms with Gasteiger partial charge in [-0.3, -0.25) is 14.2 Å². The second-order valence-corrected chi connectivity index (χ2v) is 4.53. The molecule has 0 aliphatic heterocycles. The fraction of sp³-hybridized carbons (Fsp3) is 0.357. The Morgan fingerprint density at radius 3 is 2.63 bits per heavy atom. The van der Waals surface area contributed by atoms with Crippen LogP contribution in [0.3, 0.4) is 0 Å². The third kappa shape index (κ3) is 2.23. The van der Waals surface area contributed by atoms with Gasteiger partial charge in [0.05, 0.1) is 18.0 Å². The first-order valence-corrected chi connectivity index (χ1v) is 6.00. The third-order valence-electron chi connectivity index (χ3n) is 3.36. The van der Waals surface area contributed by atoms with E-state index in [0.717, 1.165) is 11.1 Å². The maximum atomic E-state index is 12.4. The first-order chi connectivity index (χ1) is 8.95. The van der Waals surface area contributed by atoms with Crippen LogP contribution in [0.2, 0.25) is 0 Å². The van der Waals surface area contributed by atoms with Gasteiger partial charge in [0.1, 0.15) is 12.4 Å². The van der Waals surface area contributed by atoms with E-state index in [-0.39, 0.29) is 12.1 Å². The molecule has 0 amide bonds. The summed E-state index contributed by atoms with van der Waals surface area (Å²) in [6.45, 7) is 5.52. The van der Waals surface area contributed by atoms with E-state index in [4.69, 9.17) is 0 Å². The van der Waals surface area contributed by atoms with Crippen LogP contribution in [-0.4, -0.2) is 22.6 Å². The summed E-state index contributed by atoms with van der Waals surface area (Å²) >= 11 is 0. The number of hydrogen-bond donors (Lipinski definition) is 0. The number of nitrogens with zero attached hydrogens (tertiary/aromatic N) is 2. The second-order valence-electron chi connectivity index (χ2n) is 4.53. The quantitative estimate of drug-likeness (QED) is 0.768. The van der Waals surface area contributed by atoms with Gasteiger partial charge in [0.2, 0.25) is 0 Å². The standard InChI is InChI=1S/C14H16N2O3/c1-8-5-6-11-13(9(8)2)15-10(3)16(14(11)18)7-12(17)19-4/h5-6H,7H2,1-4H3. The number of benzene rings is 1. The summed E-state index contributed by atoms with van der Waals surface area (Å²) in [4.78, 5) is 28.2. The Morgan fingerprint density at radius 1 is 1.32 bits per heavy atom. The normalized spacial score (nSPS) is 10.7. The molecule has 1 heterocycles. The van der Waals surface area contributed by atoms with Crippen molar-refractivity contribution in [1.82, 2.24) is 9.55 Å². The molecule has 1 aromatic carbocycles. The zero-order valence-corrected chi connectivity index (χ0v) is 11.5. The van der Waals surface area contributed by atoms with Crippen molar-refractivity contribution in [2.45, 2.75) is 27.3 Å². The van der Waals surface area contributed by atoms with Gasteiger partial charge in [-0.05, 0) is 38.0 Å². The highest BCUT2D eigenvalue weighted by Gasteiger charge is 2.13. The van der Waals surface area contributed by atoms with E-state index in [1.807, 2.05) is 19.9 Å². The molecule has 0 spiro atoms. The molecule has 2 aromatic rings. The number of aryl methyl sites for hydroxylation is 3. The highest BCUT2D eigenvalue weighted by atomic mass is 16.5. The molecule has 0 saturated heterocycles. The lowest BCUT2D eigenvalue weighted by molar-refractivity contribution is -0.141. The molecule has 100 valence electrons.